The van der Waals surface area contributed by atoms with E-state index in [2.05, 4.69) is 19.7 Å². The van der Waals surface area contributed by atoms with Crippen molar-refractivity contribution >= 4 is 42.8 Å². The largest absolute Gasteiger partial charge is 0.374 e. The highest BCUT2D eigenvalue weighted by Gasteiger charge is 2.25. The van der Waals surface area contributed by atoms with Crippen LogP contribution in [-0.2, 0) is 26.6 Å². The van der Waals surface area contributed by atoms with E-state index in [4.69, 9.17) is 0 Å². The van der Waals surface area contributed by atoms with E-state index in [0.717, 1.165) is 17.2 Å². The Bertz CT molecular complexity index is 1710. The van der Waals surface area contributed by atoms with Gasteiger partial charge in [-0.2, -0.15) is 0 Å². The lowest BCUT2D eigenvalue weighted by atomic mass is 10.2. The monoisotopic (exact) mass is 567 g/mol. The summed E-state index contributed by atoms with van der Waals surface area (Å²) in [6, 6.07) is 19.3. The summed E-state index contributed by atoms with van der Waals surface area (Å²) in [6.07, 6.45) is 1.56. The lowest BCUT2D eigenvalue weighted by molar-refractivity contribution is -0.383. The zero-order valence-corrected chi connectivity index (χ0v) is 22.6. The number of nitrogens with zero attached hydrogens (tertiary/aromatic N) is 2. The van der Waals surface area contributed by atoms with Crippen LogP contribution in [0.15, 0.2) is 94.9 Å². The topological polar surface area (TPSA) is 160 Å². The first-order valence-corrected chi connectivity index (χ1v) is 14.6. The van der Waals surface area contributed by atoms with Crippen molar-refractivity contribution in [3.8, 4) is 0 Å². The molecule has 202 valence electrons. The first-order chi connectivity index (χ1) is 18.4. The van der Waals surface area contributed by atoms with Crippen LogP contribution >= 0.6 is 0 Å². The molecular formula is C26H25N5O6S2. The van der Waals surface area contributed by atoms with Gasteiger partial charge in [-0.1, -0.05) is 41.5 Å². The molecule has 1 aromatic heterocycles. The normalized spacial score (nSPS) is 11.5. The Balaban J connectivity index is 1.79. The summed E-state index contributed by atoms with van der Waals surface area (Å²) in [5, 5.41) is 14.8. The maximum absolute atomic E-state index is 13.2. The van der Waals surface area contributed by atoms with Crippen molar-refractivity contribution in [1.82, 2.24) is 4.98 Å². The Morgan fingerprint density at radius 3 is 1.72 bits per heavy atom. The molecule has 13 heteroatoms. The maximum atomic E-state index is 13.2. The van der Waals surface area contributed by atoms with E-state index in [9.17, 15) is 26.9 Å². The number of aromatic nitrogens is 1. The van der Waals surface area contributed by atoms with Crippen LogP contribution in [-0.4, -0.2) is 26.7 Å². The minimum Gasteiger partial charge on any atom is -0.374 e. The average Bonchev–Trinajstić information content (AvgIpc) is 2.89. The van der Waals surface area contributed by atoms with Crippen LogP contribution < -0.4 is 14.8 Å². The van der Waals surface area contributed by atoms with Gasteiger partial charge in [-0.25, -0.2) is 16.8 Å². The van der Waals surface area contributed by atoms with Crippen molar-refractivity contribution < 1.29 is 21.8 Å². The Kier molecular flexibility index (Phi) is 7.83. The fraction of sp³-hybridized carbons (Fsp3) is 0.115. The molecule has 4 rings (SSSR count). The van der Waals surface area contributed by atoms with Crippen LogP contribution in [0.4, 0.5) is 22.7 Å². The second-order valence-corrected chi connectivity index (χ2v) is 12.0. The van der Waals surface area contributed by atoms with Crippen LogP contribution in [0.3, 0.4) is 0 Å². The van der Waals surface area contributed by atoms with Crippen LogP contribution in [0.25, 0.3) is 0 Å². The number of anilines is 3. The number of hydrogen-bond donors (Lipinski definition) is 3. The van der Waals surface area contributed by atoms with Gasteiger partial charge in [0.15, 0.2) is 0 Å². The number of hydrogen-bond acceptors (Lipinski definition) is 8. The number of pyridine rings is 1. The van der Waals surface area contributed by atoms with Crippen molar-refractivity contribution in [2.24, 2.45) is 0 Å². The second kappa shape index (κ2) is 11.1. The molecule has 0 amide bonds. The van der Waals surface area contributed by atoms with Gasteiger partial charge in [-0.3, -0.25) is 24.5 Å². The molecule has 3 aromatic carbocycles. The molecule has 0 fully saturated rings. The smallest absolute Gasteiger partial charge is 0.294 e. The molecule has 0 aliphatic carbocycles. The molecule has 3 N–H and O–H groups in total. The standard InChI is InChI=1S/C26H25N5O6S2/c1-18-6-10-21(11-7-18)38(34,35)29-23-15-25(28-17-20-5-3-4-14-27-20)26(31(32)33)16-24(23)30-39(36,37)22-12-8-19(2)9-13-22/h3-16,28-30H,17H2,1-2H3. The van der Waals surface area contributed by atoms with Gasteiger partial charge in [0, 0.05) is 12.3 Å². The molecule has 0 aliphatic heterocycles. The van der Waals surface area contributed by atoms with E-state index in [1.165, 1.54) is 30.3 Å². The fourth-order valence-electron chi connectivity index (χ4n) is 3.58. The Hall–Kier alpha value is -4.49. The minimum atomic E-state index is -4.23. The zero-order valence-electron chi connectivity index (χ0n) is 21.0. The minimum absolute atomic E-state index is 0.0365. The number of nitro groups is 1. The summed E-state index contributed by atoms with van der Waals surface area (Å²) in [6.45, 7) is 3.69. The molecule has 0 aliphatic rings. The van der Waals surface area contributed by atoms with Crippen LogP contribution in [0.1, 0.15) is 16.8 Å². The van der Waals surface area contributed by atoms with Gasteiger partial charge in [0.25, 0.3) is 25.7 Å². The van der Waals surface area contributed by atoms with Gasteiger partial charge >= 0.3 is 0 Å². The molecule has 0 radical (unpaired) electrons. The molecule has 0 unspecified atom stereocenters. The predicted molar refractivity (Wildman–Crippen MR) is 149 cm³/mol. The van der Waals surface area contributed by atoms with E-state index in [0.29, 0.717) is 5.69 Å². The van der Waals surface area contributed by atoms with E-state index in [1.807, 2.05) is 0 Å². The first-order valence-electron chi connectivity index (χ1n) is 11.6. The third-order valence-electron chi connectivity index (χ3n) is 5.67. The van der Waals surface area contributed by atoms with Gasteiger partial charge in [-0.15, -0.1) is 0 Å². The highest BCUT2D eigenvalue weighted by atomic mass is 32.2. The van der Waals surface area contributed by atoms with E-state index < -0.39 is 30.7 Å². The van der Waals surface area contributed by atoms with Crippen molar-refractivity contribution in [3.63, 3.8) is 0 Å². The van der Waals surface area contributed by atoms with Gasteiger partial charge in [0.05, 0.1) is 38.3 Å². The van der Waals surface area contributed by atoms with E-state index in [1.54, 1.807) is 62.5 Å². The molecule has 0 saturated heterocycles. The van der Waals surface area contributed by atoms with Gasteiger partial charge in [-0.05, 0) is 56.3 Å². The number of sulfonamides is 2. The van der Waals surface area contributed by atoms with Crippen molar-refractivity contribution in [2.75, 3.05) is 14.8 Å². The summed E-state index contributed by atoms with van der Waals surface area (Å²) in [5.74, 6) is 0. The number of rotatable bonds is 10. The number of nitro benzene ring substituents is 1. The number of nitrogens with one attached hydrogen (secondary N) is 3. The molecule has 0 atom stereocenters. The molecule has 11 nitrogen and oxygen atoms in total. The highest BCUT2D eigenvalue weighted by Crippen LogP contribution is 2.37. The zero-order chi connectivity index (χ0) is 28.2. The quantitative estimate of drug-likeness (QED) is 0.182. The van der Waals surface area contributed by atoms with Gasteiger partial charge in [0.1, 0.15) is 5.69 Å². The second-order valence-electron chi connectivity index (χ2n) is 8.68. The SMILES string of the molecule is Cc1ccc(S(=O)(=O)Nc2cc(NCc3ccccn3)c([N+](=O)[O-])cc2NS(=O)(=O)c2ccc(C)cc2)cc1. The molecule has 1 heterocycles. The highest BCUT2D eigenvalue weighted by molar-refractivity contribution is 7.93. The van der Waals surface area contributed by atoms with Crippen LogP contribution in [0.5, 0.6) is 0 Å². The summed E-state index contributed by atoms with van der Waals surface area (Å²) >= 11 is 0. The molecular weight excluding hydrogens is 542 g/mol. The average molecular weight is 568 g/mol. The summed E-state index contributed by atoms with van der Waals surface area (Å²) in [7, 11) is -8.42. The van der Waals surface area contributed by atoms with E-state index in [-0.39, 0.29) is 33.4 Å². The summed E-state index contributed by atoms with van der Waals surface area (Å²) in [4.78, 5) is 15.3. The van der Waals surface area contributed by atoms with Crippen molar-refractivity contribution in [2.45, 2.75) is 30.2 Å². The Morgan fingerprint density at radius 1 is 0.744 bits per heavy atom. The van der Waals surface area contributed by atoms with Gasteiger partial charge in [0.2, 0.25) is 0 Å². The molecule has 0 spiro atoms. The fourth-order valence-corrected chi connectivity index (χ4v) is 5.72. The van der Waals surface area contributed by atoms with Gasteiger partial charge < -0.3 is 5.32 Å². The number of aryl methyl sites for hydroxylation is 2. The number of benzene rings is 3. The Morgan fingerprint density at radius 2 is 1.26 bits per heavy atom. The third-order valence-corrected chi connectivity index (χ3v) is 8.43. The lowest BCUT2D eigenvalue weighted by Gasteiger charge is -2.17. The maximum Gasteiger partial charge on any atom is 0.294 e. The summed E-state index contributed by atoms with van der Waals surface area (Å²) in [5.41, 5.74) is 1.23. The third kappa shape index (κ3) is 6.69. The summed E-state index contributed by atoms with van der Waals surface area (Å²) < 4.78 is 57.3. The van der Waals surface area contributed by atoms with Crippen LogP contribution in [0.2, 0.25) is 0 Å². The molecule has 39 heavy (non-hydrogen) atoms. The Labute approximate surface area is 226 Å². The van der Waals surface area contributed by atoms with Crippen LogP contribution in [0, 0.1) is 24.0 Å². The predicted octanol–water partition coefficient (Wildman–Crippen LogP) is 4.82. The van der Waals surface area contributed by atoms with Crippen molar-refractivity contribution in [3.05, 3.63) is 112 Å². The lowest BCUT2D eigenvalue weighted by Crippen LogP contribution is -2.18. The first kappa shape index (κ1) is 27.5. The van der Waals surface area contributed by atoms with E-state index >= 15 is 0 Å². The molecule has 0 saturated carbocycles. The van der Waals surface area contributed by atoms with Crippen molar-refractivity contribution in [1.29, 1.82) is 0 Å². The molecule has 0 bridgehead atoms. The molecule has 4 aromatic rings.